The maximum atomic E-state index is 6.08. The zero-order valence-electron chi connectivity index (χ0n) is 10.7. The number of nitrogens with zero attached hydrogens (tertiary/aromatic N) is 1. The Balaban J connectivity index is 1.80. The van der Waals surface area contributed by atoms with Crippen LogP contribution in [0.15, 0.2) is 47.6 Å². The maximum absolute atomic E-state index is 6.08. The van der Waals surface area contributed by atoms with Crippen LogP contribution in [0.25, 0.3) is 11.0 Å². The van der Waals surface area contributed by atoms with Crippen molar-refractivity contribution in [2.45, 2.75) is 17.8 Å². The van der Waals surface area contributed by atoms with Gasteiger partial charge in [-0.25, -0.2) is 4.98 Å². The van der Waals surface area contributed by atoms with Crippen LogP contribution >= 0.6 is 11.8 Å². The summed E-state index contributed by atoms with van der Waals surface area (Å²) in [5.74, 6) is 0.827. The number of nitrogens with one attached hydrogen (secondary N) is 1. The number of nitrogens with two attached hydrogens (primary N) is 1. The highest BCUT2D eigenvalue weighted by Gasteiger charge is 2.06. The number of hydrogen-bond donors (Lipinski definition) is 2. The highest BCUT2D eigenvalue weighted by Crippen LogP contribution is 2.26. The molecule has 0 aliphatic rings. The van der Waals surface area contributed by atoms with Gasteiger partial charge in [-0.3, -0.25) is 0 Å². The molecule has 2 aromatic carbocycles. The largest absolute Gasteiger partial charge is 0.398 e. The zero-order valence-corrected chi connectivity index (χ0v) is 11.5. The molecule has 19 heavy (non-hydrogen) atoms. The normalized spacial score (nSPS) is 11.0. The van der Waals surface area contributed by atoms with Crippen LogP contribution in [0.2, 0.25) is 0 Å². The maximum Gasteiger partial charge on any atom is 0.166 e. The van der Waals surface area contributed by atoms with E-state index in [-0.39, 0.29) is 0 Å². The molecule has 0 spiro atoms. The first-order chi connectivity index (χ1) is 9.24. The van der Waals surface area contributed by atoms with Gasteiger partial charge < -0.3 is 10.7 Å². The molecule has 0 aliphatic carbocycles. The highest BCUT2D eigenvalue weighted by atomic mass is 32.2. The Morgan fingerprint density at radius 1 is 1.16 bits per heavy atom. The van der Waals surface area contributed by atoms with Crippen molar-refractivity contribution in [2.24, 2.45) is 0 Å². The summed E-state index contributed by atoms with van der Waals surface area (Å²) in [4.78, 5) is 7.86. The molecule has 0 aliphatic heterocycles. The summed E-state index contributed by atoms with van der Waals surface area (Å²) < 4.78 is 0. The lowest BCUT2D eigenvalue weighted by Gasteiger charge is -2.06. The summed E-state index contributed by atoms with van der Waals surface area (Å²) in [6.45, 7) is 2.03. The lowest BCUT2D eigenvalue weighted by molar-refractivity contribution is 1.08. The van der Waals surface area contributed by atoms with Gasteiger partial charge in [0.2, 0.25) is 0 Å². The third kappa shape index (κ3) is 2.44. The zero-order chi connectivity index (χ0) is 13.2. The standard InChI is InChI=1S/C15H15N3S/c1-10-5-4-6-11(14(10)16)9-19-15-17-12-7-2-3-8-13(12)18-15/h2-8H,9,16H2,1H3,(H,17,18). The molecular formula is C15H15N3S. The van der Waals surface area contributed by atoms with Crippen molar-refractivity contribution in [3.05, 3.63) is 53.6 Å². The minimum absolute atomic E-state index is 0.827. The van der Waals surface area contributed by atoms with E-state index >= 15 is 0 Å². The van der Waals surface area contributed by atoms with E-state index in [1.807, 2.05) is 43.3 Å². The predicted octanol–water partition coefficient (Wildman–Crippen LogP) is 3.75. The molecule has 0 radical (unpaired) electrons. The Hall–Kier alpha value is -1.94. The van der Waals surface area contributed by atoms with Gasteiger partial charge in [-0.05, 0) is 30.2 Å². The van der Waals surface area contributed by atoms with Crippen molar-refractivity contribution >= 4 is 28.5 Å². The number of fused-ring (bicyclic) bond motifs is 1. The van der Waals surface area contributed by atoms with Gasteiger partial charge in [0, 0.05) is 11.4 Å². The van der Waals surface area contributed by atoms with Gasteiger partial charge in [0.15, 0.2) is 5.16 Å². The summed E-state index contributed by atoms with van der Waals surface area (Å²) in [6.07, 6.45) is 0. The smallest absolute Gasteiger partial charge is 0.166 e. The second-order valence-electron chi connectivity index (χ2n) is 4.50. The monoisotopic (exact) mass is 269 g/mol. The molecule has 3 nitrogen and oxygen atoms in total. The molecule has 3 rings (SSSR count). The summed E-state index contributed by atoms with van der Waals surface area (Å²) in [7, 11) is 0. The van der Waals surface area contributed by atoms with Crippen LogP contribution in [0.1, 0.15) is 11.1 Å². The van der Waals surface area contributed by atoms with Crippen LogP contribution < -0.4 is 5.73 Å². The van der Waals surface area contributed by atoms with Gasteiger partial charge in [0.1, 0.15) is 0 Å². The number of nitrogen functional groups attached to an aromatic ring is 1. The van der Waals surface area contributed by atoms with Crippen molar-refractivity contribution in [1.82, 2.24) is 9.97 Å². The molecule has 3 N–H and O–H groups in total. The van der Waals surface area contributed by atoms with Gasteiger partial charge in [-0.1, -0.05) is 42.1 Å². The first-order valence-corrected chi connectivity index (χ1v) is 7.14. The fraction of sp³-hybridized carbons (Fsp3) is 0.133. The number of rotatable bonds is 3. The third-order valence-electron chi connectivity index (χ3n) is 3.15. The lowest BCUT2D eigenvalue weighted by atomic mass is 10.1. The number of anilines is 1. The number of para-hydroxylation sites is 3. The molecule has 1 aromatic heterocycles. The van der Waals surface area contributed by atoms with E-state index < -0.39 is 0 Å². The molecule has 1 heterocycles. The molecule has 0 unspecified atom stereocenters. The number of aromatic amines is 1. The lowest BCUT2D eigenvalue weighted by Crippen LogP contribution is -1.95. The molecule has 0 bridgehead atoms. The van der Waals surface area contributed by atoms with Crippen molar-refractivity contribution in [3.63, 3.8) is 0 Å². The second-order valence-corrected chi connectivity index (χ2v) is 5.46. The molecule has 4 heteroatoms. The molecule has 0 saturated carbocycles. The first-order valence-electron chi connectivity index (χ1n) is 6.15. The molecule has 3 aromatic rings. The number of thioether (sulfide) groups is 1. The fourth-order valence-electron chi connectivity index (χ4n) is 2.01. The van der Waals surface area contributed by atoms with Crippen molar-refractivity contribution in [3.8, 4) is 0 Å². The summed E-state index contributed by atoms with van der Waals surface area (Å²) in [6, 6.07) is 14.2. The van der Waals surface area contributed by atoms with Crippen LogP contribution in [0, 0.1) is 6.92 Å². The fourth-order valence-corrected chi connectivity index (χ4v) is 2.90. The average molecular weight is 269 g/mol. The van der Waals surface area contributed by atoms with Crippen molar-refractivity contribution in [1.29, 1.82) is 0 Å². The van der Waals surface area contributed by atoms with Crippen LogP contribution in [0.3, 0.4) is 0 Å². The second kappa shape index (κ2) is 4.97. The van der Waals surface area contributed by atoms with Crippen LogP contribution in [-0.4, -0.2) is 9.97 Å². The van der Waals surface area contributed by atoms with Crippen molar-refractivity contribution in [2.75, 3.05) is 5.73 Å². The van der Waals surface area contributed by atoms with E-state index in [0.29, 0.717) is 0 Å². The molecule has 0 fully saturated rings. The number of aromatic nitrogens is 2. The average Bonchev–Trinajstić information content (AvgIpc) is 2.83. The Morgan fingerprint density at radius 2 is 2.00 bits per heavy atom. The van der Waals surface area contributed by atoms with E-state index in [2.05, 4.69) is 16.0 Å². The van der Waals surface area contributed by atoms with E-state index in [1.54, 1.807) is 11.8 Å². The van der Waals surface area contributed by atoms with E-state index in [0.717, 1.165) is 38.8 Å². The number of hydrogen-bond acceptors (Lipinski definition) is 3. The number of aryl methyl sites for hydroxylation is 1. The van der Waals surface area contributed by atoms with Gasteiger partial charge in [-0.2, -0.15) is 0 Å². The van der Waals surface area contributed by atoms with Gasteiger partial charge in [0.05, 0.1) is 11.0 Å². The Morgan fingerprint density at radius 3 is 2.84 bits per heavy atom. The van der Waals surface area contributed by atoms with Crippen LogP contribution in [-0.2, 0) is 5.75 Å². The minimum atomic E-state index is 0.827. The quantitative estimate of drug-likeness (QED) is 0.562. The summed E-state index contributed by atoms with van der Waals surface area (Å²) in [5, 5.41) is 0.933. The molecular weight excluding hydrogens is 254 g/mol. The topological polar surface area (TPSA) is 54.7 Å². The van der Waals surface area contributed by atoms with Gasteiger partial charge in [0.25, 0.3) is 0 Å². The molecule has 0 saturated heterocycles. The van der Waals surface area contributed by atoms with Crippen LogP contribution in [0.4, 0.5) is 5.69 Å². The molecule has 0 amide bonds. The first kappa shape index (κ1) is 12.1. The highest BCUT2D eigenvalue weighted by molar-refractivity contribution is 7.98. The van der Waals surface area contributed by atoms with Gasteiger partial charge in [-0.15, -0.1) is 0 Å². The van der Waals surface area contributed by atoms with E-state index in [1.165, 1.54) is 0 Å². The van der Waals surface area contributed by atoms with E-state index in [9.17, 15) is 0 Å². The number of H-pyrrole nitrogens is 1. The summed E-state index contributed by atoms with van der Waals surface area (Å²) >= 11 is 1.68. The Kier molecular flexibility index (Phi) is 3.17. The number of benzene rings is 2. The number of imidazole rings is 1. The Bertz CT molecular complexity index is 685. The molecule has 0 atom stereocenters. The Labute approximate surface area is 116 Å². The minimum Gasteiger partial charge on any atom is -0.398 e. The summed E-state index contributed by atoms with van der Waals surface area (Å²) in [5.41, 5.74) is 11.3. The SMILES string of the molecule is Cc1cccc(CSc2nc3ccccc3[nH]2)c1N. The van der Waals surface area contributed by atoms with E-state index in [4.69, 9.17) is 5.73 Å². The van der Waals surface area contributed by atoms with Crippen molar-refractivity contribution < 1.29 is 0 Å². The third-order valence-corrected chi connectivity index (χ3v) is 4.07. The predicted molar refractivity (Wildman–Crippen MR) is 81.2 cm³/mol. The van der Waals surface area contributed by atoms with Gasteiger partial charge >= 0.3 is 0 Å². The molecule has 96 valence electrons. The van der Waals surface area contributed by atoms with Crippen LogP contribution in [0.5, 0.6) is 0 Å².